The van der Waals surface area contributed by atoms with Gasteiger partial charge in [-0.3, -0.25) is 0 Å². The van der Waals surface area contributed by atoms with Crippen LogP contribution in [0.4, 0.5) is 0 Å². The number of benzene rings is 1. The molecule has 4 aromatic rings. The molecule has 0 bridgehead atoms. The Morgan fingerprint density at radius 1 is 1.12 bits per heavy atom. The number of aromatic nitrogens is 6. The molecule has 10 heteroatoms. The maximum Gasteiger partial charge on any atom is 0.224 e. The first-order chi connectivity index (χ1) is 15.3. The zero-order valence-corrected chi connectivity index (χ0v) is 20.0. The number of hydrogen-bond acceptors (Lipinski definition) is 6. The highest BCUT2D eigenvalue weighted by atomic mass is 35.5. The van der Waals surface area contributed by atoms with Crippen molar-refractivity contribution in [2.75, 3.05) is 6.61 Å². The van der Waals surface area contributed by atoms with Crippen molar-refractivity contribution in [3.8, 4) is 17.5 Å². The smallest absolute Gasteiger partial charge is 0.224 e. The third kappa shape index (κ3) is 5.22. The minimum Gasteiger partial charge on any atom is -0.361 e. The number of nitriles is 1. The molecule has 0 aliphatic carbocycles. The van der Waals surface area contributed by atoms with Crippen molar-refractivity contribution in [3.63, 3.8) is 0 Å². The lowest BCUT2D eigenvalue weighted by molar-refractivity contribution is 0.0882. The molecule has 1 aromatic carbocycles. The van der Waals surface area contributed by atoms with Crippen molar-refractivity contribution >= 4 is 30.7 Å². The summed E-state index contributed by atoms with van der Waals surface area (Å²) >= 11 is 5.93. The molecule has 0 spiro atoms. The summed E-state index contributed by atoms with van der Waals surface area (Å²) in [6.45, 7) is 8.59. The Hall–Kier alpha value is -3.06. The topological polar surface area (TPSA) is 94.4 Å². The summed E-state index contributed by atoms with van der Waals surface area (Å²) in [6.07, 6.45) is 5.12. The molecule has 4 rings (SSSR count). The first-order valence-electron chi connectivity index (χ1n) is 10.3. The number of fused-ring (bicyclic) bond motifs is 1. The van der Waals surface area contributed by atoms with Crippen LogP contribution in [0.5, 0.6) is 0 Å². The zero-order valence-electron chi connectivity index (χ0n) is 18.3. The predicted molar refractivity (Wildman–Crippen MR) is 126 cm³/mol. The molecule has 32 heavy (non-hydrogen) atoms. The Balaban J connectivity index is 1.50. The largest absolute Gasteiger partial charge is 0.361 e. The number of rotatable bonds is 8. The fourth-order valence-electron chi connectivity index (χ4n) is 3.23. The molecule has 0 aliphatic rings. The standard InChI is InChI=1S/C22H24ClN7OSi/c1-32(2,3)9-8-31-15-29-14-19(10-24)27-20(29)17-6-4-16(5-7-17)13-30-21-18(12-26-30)11-25-22(23)28-21/h4-7,11-12,14H,8-9,13,15H2,1-3H3. The average molecular weight is 466 g/mol. The van der Waals surface area contributed by atoms with Crippen LogP contribution in [0.25, 0.3) is 22.4 Å². The highest BCUT2D eigenvalue weighted by molar-refractivity contribution is 6.76. The fraction of sp³-hybridized carbons (Fsp3) is 0.318. The first-order valence-corrected chi connectivity index (χ1v) is 14.4. The molecular weight excluding hydrogens is 442 g/mol. The van der Waals surface area contributed by atoms with E-state index in [-0.39, 0.29) is 5.28 Å². The minimum atomic E-state index is -1.15. The summed E-state index contributed by atoms with van der Waals surface area (Å²) in [5, 5.41) is 14.7. The molecule has 3 heterocycles. The zero-order chi connectivity index (χ0) is 22.7. The molecule has 164 valence electrons. The van der Waals surface area contributed by atoms with E-state index in [4.69, 9.17) is 16.3 Å². The van der Waals surface area contributed by atoms with Gasteiger partial charge < -0.3 is 9.30 Å². The maximum atomic E-state index is 9.30. The van der Waals surface area contributed by atoms with Gasteiger partial charge in [-0.05, 0) is 23.2 Å². The van der Waals surface area contributed by atoms with Crippen LogP contribution in [-0.4, -0.2) is 44.0 Å². The third-order valence-corrected chi connectivity index (χ3v) is 6.90. The number of ether oxygens (including phenoxy) is 1. The second-order valence-electron chi connectivity index (χ2n) is 8.80. The van der Waals surface area contributed by atoms with Crippen LogP contribution >= 0.6 is 11.6 Å². The lowest BCUT2D eigenvalue weighted by Crippen LogP contribution is -2.22. The molecule has 0 unspecified atom stereocenters. The summed E-state index contributed by atoms with van der Waals surface area (Å²) in [5.41, 5.74) is 3.04. The highest BCUT2D eigenvalue weighted by Crippen LogP contribution is 2.21. The number of hydrogen-bond donors (Lipinski definition) is 0. The number of nitrogens with zero attached hydrogens (tertiary/aromatic N) is 7. The van der Waals surface area contributed by atoms with E-state index in [0.717, 1.165) is 22.6 Å². The van der Waals surface area contributed by atoms with Gasteiger partial charge in [0, 0.05) is 32.6 Å². The Kier molecular flexibility index (Phi) is 6.37. The van der Waals surface area contributed by atoms with Gasteiger partial charge >= 0.3 is 0 Å². The van der Waals surface area contributed by atoms with Gasteiger partial charge in [-0.25, -0.2) is 14.6 Å². The van der Waals surface area contributed by atoms with Crippen molar-refractivity contribution in [1.82, 2.24) is 29.3 Å². The second-order valence-corrected chi connectivity index (χ2v) is 14.8. The van der Waals surface area contributed by atoms with Gasteiger partial charge in [0.15, 0.2) is 11.3 Å². The van der Waals surface area contributed by atoms with Gasteiger partial charge in [0.05, 0.1) is 18.1 Å². The molecule has 0 N–H and O–H groups in total. The van der Waals surface area contributed by atoms with Gasteiger partial charge in [-0.2, -0.15) is 15.3 Å². The minimum absolute atomic E-state index is 0.196. The van der Waals surface area contributed by atoms with Crippen molar-refractivity contribution in [3.05, 3.63) is 59.4 Å². The quantitative estimate of drug-likeness (QED) is 0.215. The molecule has 0 saturated heterocycles. The number of halogens is 1. The van der Waals surface area contributed by atoms with Gasteiger partial charge in [0.1, 0.15) is 18.6 Å². The van der Waals surface area contributed by atoms with Crippen LogP contribution < -0.4 is 0 Å². The summed E-state index contributed by atoms with van der Waals surface area (Å²) in [5.74, 6) is 0.713. The Labute approximate surface area is 192 Å². The molecule has 0 aliphatic heterocycles. The van der Waals surface area contributed by atoms with Gasteiger partial charge in [-0.1, -0.05) is 43.9 Å². The Bertz CT molecular complexity index is 1270. The van der Waals surface area contributed by atoms with Crippen molar-refractivity contribution < 1.29 is 4.74 Å². The van der Waals surface area contributed by atoms with Crippen molar-refractivity contribution in [2.45, 2.75) is 39.0 Å². The van der Waals surface area contributed by atoms with Gasteiger partial charge in [0.2, 0.25) is 5.28 Å². The van der Waals surface area contributed by atoms with E-state index in [1.807, 2.05) is 28.8 Å². The van der Waals surface area contributed by atoms with Crippen molar-refractivity contribution in [1.29, 1.82) is 5.26 Å². The normalized spacial score (nSPS) is 11.7. The molecule has 0 fully saturated rings. The average Bonchev–Trinajstić information content (AvgIpc) is 3.35. The summed E-state index contributed by atoms with van der Waals surface area (Å²) < 4.78 is 9.55. The SMILES string of the molecule is C[Si](C)(C)CCOCn1cc(C#N)nc1-c1ccc(Cn2ncc3cnc(Cl)nc32)cc1. The lowest BCUT2D eigenvalue weighted by Gasteiger charge is -2.16. The van der Waals surface area contributed by atoms with Crippen LogP contribution in [0.2, 0.25) is 31.0 Å². The fourth-order valence-corrected chi connectivity index (χ4v) is 4.12. The monoisotopic (exact) mass is 465 g/mol. The van der Waals surface area contributed by atoms with Gasteiger partial charge in [-0.15, -0.1) is 0 Å². The van der Waals surface area contributed by atoms with Crippen LogP contribution in [0.3, 0.4) is 0 Å². The maximum absolute atomic E-state index is 9.30. The van der Waals surface area contributed by atoms with E-state index < -0.39 is 8.07 Å². The first kappa shape index (κ1) is 22.1. The summed E-state index contributed by atoms with van der Waals surface area (Å²) in [7, 11) is -1.15. The molecular formula is C22H24ClN7OSi. The van der Waals surface area contributed by atoms with Crippen LogP contribution in [0.15, 0.2) is 42.9 Å². The van der Waals surface area contributed by atoms with Gasteiger partial charge in [0.25, 0.3) is 0 Å². The van der Waals surface area contributed by atoms with Crippen LogP contribution in [0.1, 0.15) is 11.3 Å². The third-order valence-electron chi connectivity index (χ3n) is 5.01. The summed E-state index contributed by atoms with van der Waals surface area (Å²) in [6, 6.07) is 11.2. The van der Waals surface area contributed by atoms with E-state index in [1.165, 1.54) is 0 Å². The van der Waals surface area contributed by atoms with E-state index >= 15 is 0 Å². The van der Waals surface area contributed by atoms with E-state index in [1.54, 1.807) is 23.3 Å². The Morgan fingerprint density at radius 2 is 1.91 bits per heavy atom. The van der Waals surface area contributed by atoms with E-state index in [2.05, 4.69) is 45.8 Å². The van der Waals surface area contributed by atoms with Crippen molar-refractivity contribution in [2.24, 2.45) is 0 Å². The van der Waals surface area contributed by atoms with E-state index in [0.29, 0.717) is 37.0 Å². The Morgan fingerprint density at radius 3 is 2.62 bits per heavy atom. The summed E-state index contributed by atoms with van der Waals surface area (Å²) in [4.78, 5) is 12.7. The highest BCUT2D eigenvalue weighted by Gasteiger charge is 2.14. The molecule has 0 saturated carbocycles. The molecule has 3 aromatic heterocycles. The number of imidazole rings is 1. The molecule has 0 amide bonds. The van der Waals surface area contributed by atoms with E-state index in [9.17, 15) is 5.26 Å². The molecule has 0 radical (unpaired) electrons. The predicted octanol–water partition coefficient (Wildman–Crippen LogP) is 4.58. The van der Waals surface area contributed by atoms with Crippen LogP contribution in [-0.2, 0) is 18.0 Å². The second kappa shape index (κ2) is 9.20. The molecule has 8 nitrogen and oxygen atoms in total. The lowest BCUT2D eigenvalue weighted by atomic mass is 10.1. The molecule has 0 atom stereocenters. The van der Waals surface area contributed by atoms with Crippen LogP contribution in [0, 0.1) is 11.3 Å².